The van der Waals surface area contributed by atoms with E-state index in [1.54, 1.807) is 0 Å². The van der Waals surface area contributed by atoms with E-state index in [1.807, 2.05) is 41.3 Å². The molecular weight excluding hydrogens is 282 g/mol. The number of rotatable bonds is 6. The second-order valence-electron chi connectivity index (χ2n) is 6.01. The first kappa shape index (κ1) is 15.5. The number of carbonyl (C=O) groups is 1. The molecule has 0 N–H and O–H groups in total. The molecule has 0 saturated heterocycles. The molecule has 2 heteroatoms. The number of hydrogen-bond donors (Lipinski definition) is 0. The highest BCUT2D eigenvalue weighted by molar-refractivity contribution is 6.09. The van der Waals surface area contributed by atoms with Crippen LogP contribution in [0.25, 0.3) is 5.70 Å². The summed E-state index contributed by atoms with van der Waals surface area (Å²) in [5.41, 5.74) is 4.13. The molecule has 118 valence electrons. The fraction of sp³-hybridized carbons (Fsp3) is 0.286. The Morgan fingerprint density at radius 3 is 2.35 bits per heavy atom. The number of unbranched alkanes of at least 4 members (excludes halogenated alkanes) is 3. The van der Waals surface area contributed by atoms with Crippen LogP contribution >= 0.6 is 0 Å². The van der Waals surface area contributed by atoms with Crippen LogP contribution in [0, 0.1) is 0 Å². The van der Waals surface area contributed by atoms with Gasteiger partial charge in [-0.05, 0) is 24.5 Å². The quantitative estimate of drug-likeness (QED) is 0.666. The standard InChI is InChI=1S/C21H23NO/c1-2-3-4-8-15-20-18-13-9-10-14-19(18)21(23)22(20)16-17-11-6-5-7-12-17/h5-7,9-15H,2-4,8,16H2,1H3/b20-15-. The van der Waals surface area contributed by atoms with E-state index in [1.165, 1.54) is 19.3 Å². The van der Waals surface area contributed by atoms with Gasteiger partial charge < -0.3 is 4.90 Å². The molecule has 1 aliphatic heterocycles. The highest BCUT2D eigenvalue weighted by Crippen LogP contribution is 2.34. The Balaban J connectivity index is 1.88. The minimum absolute atomic E-state index is 0.117. The summed E-state index contributed by atoms with van der Waals surface area (Å²) in [4.78, 5) is 14.7. The summed E-state index contributed by atoms with van der Waals surface area (Å²) in [6.07, 6.45) is 6.89. The second kappa shape index (κ2) is 7.28. The second-order valence-corrected chi connectivity index (χ2v) is 6.01. The van der Waals surface area contributed by atoms with E-state index in [2.05, 4.69) is 31.2 Å². The molecular formula is C21H23NO. The average Bonchev–Trinajstić information content (AvgIpc) is 2.86. The van der Waals surface area contributed by atoms with E-state index in [-0.39, 0.29) is 5.91 Å². The summed E-state index contributed by atoms with van der Waals surface area (Å²) < 4.78 is 0. The van der Waals surface area contributed by atoms with Crippen LogP contribution in [0.2, 0.25) is 0 Å². The Hall–Kier alpha value is -2.35. The number of carbonyl (C=O) groups excluding carboxylic acids is 1. The minimum Gasteiger partial charge on any atom is -0.304 e. The molecule has 0 saturated carbocycles. The van der Waals surface area contributed by atoms with Gasteiger partial charge in [-0.15, -0.1) is 0 Å². The zero-order chi connectivity index (χ0) is 16.1. The molecule has 2 aromatic carbocycles. The van der Waals surface area contributed by atoms with Gasteiger partial charge in [-0.3, -0.25) is 4.79 Å². The zero-order valence-electron chi connectivity index (χ0n) is 13.7. The van der Waals surface area contributed by atoms with Crippen molar-refractivity contribution in [3.63, 3.8) is 0 Å². The number of hydrogen-bond acceptors (Lipinski definition) is 1. The summed E-state index contributed by atoms with van der Waals surface area (Å²) in [5.74, 6) is 0.117. The average molecular weight is 305 g/mol. The topological polar surface area (TPSA) is 20.3 Å². The fourth-order valence-electron chi connectivity index (χ4n) is 3.07. The molecule has 2 nitrogen and oxygen atoms in total. The van der Waals surface area contributed by atoms with Crippen LogP contribution in [0.3, 0.4) is 0 Å². The number of amides is 1. The first-order chi connectivity index (χ1) is 11.3. The lowest BCUT2D eigenvalue weighted by molar-refractivity contribution is 0.0842. The molecule has 0 atom stereocenters. The van der Waals surface area contributed by atoms with Crippen LogP contribution in [-0.4, -0.2) is 10.8 Å². The summed E-state index contributed by atoms with van der Waals surface area (Å²) in [6, 6.07) is 18.1. The monoisotopic (exact) mass is 305 g/mol. The van der Waals surface area contributed by atoms with Gasteiger partial charge in [-0.1, -0.05) is 74.4 Å². The maximum absolute atomic E-state index is 12.8. The van der Waals surface area contributed by atoms with Crippen LogP contribution < -0.4 is 0 Å². The van der Waals surface area contributed by atoms with E-state index in [4.69, 9.17) is 0 Å². The molecule has 0 aromatic heterocycles. The predicted molar refractivity (Wildman–Crippen MR) is 94.9 cm³/mol. The lowest BCUT2D eigenvalue weighted by atomic mass is 10.1. The van der Waals surface area contributed by atoms with Gasteiger partial charge in [0.05, 0.1) is 6.54 Å². The van der Waals surface area contributed by atoms with Crippen LogP contribution in [0.1, 0.15) is 54.1 Å². The molecule has 2 aromatic rings. The summed E-state index contributed by atoms with van der Waals surface area (Å²) in [6.45, 7) is 2.84. The maximum atomic E-state index is 12.8. The van der Waals surface area contributed by atoms with E-state index < -0.39 is 0 Å². The number of nitrogens with zero attached hydrogens (tertiary/aromatic N) is 1. The highest BCUT2D eigenvalue weighted by Gasteiger charge is 2.31. The van der Waals surface area contributed by atoms with Crippen molar-refractivity contribution in [1.82, 2.24) is 4.90 Å². The van der Waals surface area contributed by atoms with Gasteiger partial charge in [0.2, 0.25) is 0 Å². The van der Waals surface area contributed by atoms with E-state index >= 15 is 0 Å². The fourth-order valence-corrected chi connectivity index (χ4v) is 3.07. The van der Waals surface area contributed by atoms with Crippen LogP contribution in [0.4, 0.5) is 0 Å². The Morgan fingerprint density at radius 1 is 0.913 bits per heavy atom. The van der Waals surface area contributed by atoms with Gasteiger partial charge in [-0.25, -0.2) is 0 Å². The lowest BCUT2D eigenvalue weighted by Crippen LogP contribution is -2.22. The molecule has 23 heavy (non-hydrogen) atoms. The number of allylic oxidation sites excluding steroid dienone is 1. The minimum atomic E-state index is 0.117. The first-order valence-electron chi connectivity index (χ1n) is 8.46. The molecule has 0 fully saturated rings. The van der Waals surface area contributed by atoms with Crippen molar-refractivity contribution < 1.29 is 4.79 Å². The van der Waals surface area contributed by atoms with Crippen LogP contribution in [0.15, 0.2) is 60.7 Å². The van der Waals surface area contributed by atoms with E-state index in [0.717, 1.165) is 28.8 Å². The predicted octanol–water partition coefficient (Wildman–Crippen LogP) is 5.26. The Morgan fingerprint density at radius 2 is 1.61 bits per heavy atom. The third-order valence-electron chi connectivity index (χ3n) is 4.30. The molecule has 1 aliphatic rings. The van der Waals surface area contributed by atoms with Gasteiger partial charge in [0.1, 0.15) is 0 Å². The molecule has 3 rings (SSSR count). The Bertz CT molecular complexity index is 703. The SMILES string of the molecule is CCCCC/C=C1/c2ccccc2C(=O)N1Cc1ccccc1. The van der Waals surface area contributed by atoms with Crippen molar-refractivity contribution in [2.45, 2.75) is 39.2 Å². The van der Waals surface area contributed by atoms with Gasteiger partial charge >= 0.3 is 0 Å². The van der Waals surface area contributed by atoms with Gasteiger partial charge in [0.25, 0.3) is 5.91 Å². The summed E-state index contributed by atoms with van der Waals surface area (Å²) in [5, 5.41) is 0. The van der Waals surface area contributed by atoms with Crippen LogP contribution in [-0.2, 0) is 6.54 Å². The molecule has 0 spiro atoms. The summed E-state index contributed by atoms with van der Waals surface area (Å²) in [7, 11) is 0. The highest BCUT2D eigenvalue weighted by atomic mass is 16.2. The van der Waals surface area contributed by atoms with Crippen molar-refractivity contribution in [2.75, 3.05) is 0 Å². The van der Waals surface area contributed by atoms with Crippen LogP contribution in [0.5, 0.6) is 0 Å². The van der Waals surface area contributed by atoms with Gasteiger partial charge in [-0.2, -0.15) is 0 Å². The molecule has 0 bridgehead atoms. The smallest absolute Gasteiger partial charge is 0.259 e. The molecule has 0 radical (unpaired) electrons. The van der Waals surface area contributed by atoms with Crippen molar-refractivity contribution in [3.8, 4) is 0 Å². The summed E-state index contributed by atoms with van der Waals surface area (Å²) >= 11 is 0. The third kappa shape index (κ3) is 3.37. The molecule has 1 amide bonds. The van der Waals surface area contributed by atoms with Crippen molar-refractivity contribution in [1.29, 1.82) is 0 Å². The van der Waals surface area contributed by atoms with Crippen molar-refractivity contribution in [2.24, 2.45) is 0 Å². The number of fused-ring (bicyclic) bond motifs is 1. The van der Waals surface area contributed by atoms with E-state index in [0.29, 0.717) is 6.54 Å². The Kier molecular flexibility index (Phi) is 4.92. The van der Waals surface area contributed by atoms with Gasteiger partial charge in [0, 0.05) is 16.8 Å². The maximum Gasteiger partial charge on any atom is 0.259 e. The largest absolute Gasteiger partial charge is 0.304 e. The molecule has 0 aliphatic carbocycles. The zero-order valence-corrected chi connectivity index (χ0v) is 13.7. The molecule has 0 unspecified atom stereocenters. The van der Waals surface area contributed by atoms with Gasteiger partial charge in [0.15, 0.2) is 0 Å². The first-order valence-corrected chi connectivity index (χ1v) is 8.46. The normalized spacial score (nSPS) is 15.3. The third-order valence-corrected chi connectivity index (χ3v) is 4.30. The number of benzene rings is 2. The Labute approximate surface area is 138 Å². The molecule has 1 heterocycles. The van der Waals surface area contributed by atoms with Crippen molar-refractivity contribution >= 4 is 11.6 Å². The lowest BCUT2D eigenvalue weighted by Gasteiger charge is -2.19. The van der Waals surface area contributed by atoms with Crippen molar-refractivity contribution in [3.05, 3.63) is 77.4 Å². The van der Waals surface area contributed by atoms with E-state index in [9.17, 15) is 4.79 Å².